The number of benzene rings is 1. The number of hydrogen-bond donors (Lipinski definition) is 2. The lowest BCUT2D eigenvalue weighted by Gasteiger charge is -2.29. The summed E-state index contributed by atoms with van der Waals surface area (Å²) >= 11 is 3.46. The molecule has 0 spiro atoms. The van der Waals surface area contributed by atoms with Crippen molar-refractivity contribution in [3.63, 3.8) is 0 Å². The van der Waals surface area contributed by atoms with Crippen molar-refractivity contribution in [2.24, 2.45) is 11.1 Å². The summed E-state index contributed by atoms with van der Waals surface area (Å²) in [6, 6.07) is 4.48. The van der Waals surface area contributed by atoms with Gasteiger partial charge in [-0.15, -0.1) is 0 Å². The van der Waals surface area contributed by atoms with Gasteiger partial charge in [-0.05, 0) is 37.5 Å². The molecule has 0 radical (unpaired) electrons. The Labute approximate surface area is 177 Å². The van der Waals surface area contributed by atoms with Gasteiger partial charge in [0.15, 0.2) is 5.84 Å². The number of fused-ring (bicyclic) bond motifs is 1. The molecule has 0 saturated carbocycles. The molecule has 1 aromatic carbocycles. The molecule has 0 aliphatic carbocycles. The summed E-state index contributed by atoms with van der Waals surface area (Å²) in [7, 11) is 0. The van der Waals surface area contributed by atoms with Crippen LogP contribution in [0.15, 0.2) is 27.8 Å². The van der Waals surface area contributed by atoms with Crippen LogP contribution in [0.5, 0.6) is 0 Å². The zero-order valence-corrected chi connectivity index (χ0v) is 17.7. The Morgan fingerprint density at radius 3 is 2.90 bits per heavy atom. The first-order chi connectivity index (χ1) is 14.0. The van der Waals surface area contributed by atoms with E-state index in [-0.39, 0.29) is 17.8 Å². The Bertz CT molecular complexity index is 933. The van der Waals surface area contributed by atoms with Crippen molar-refractivity contribution in [1.82, 2.24) is 15.3 Å². The summed E-state index contributed by atoms with van der Waals surface area (Å²) in [6.07, 6.45) is 2.52. The quantitative estimate of drug-likeness (QED) is 0.675. The summed E-state index contributed by atoms with van der Waals surface area (Å²) in [5.74, 6) is 0.925. The fourth-order valence-electron chi connectivity index (χ4n) is 3.76. The van der Waals surface area contributed by atoms with E-state index in [0.29, 0.717) is 29.3 Å². The molecular formula is C20H23BrFN5O2. The molecule has 0 bridgehead atoms. The predicted octanol–water partition coefficient (Wildman–Crippen LogP) is 3.26. The fraction of sp³-hybridized carbons (Fsp3) is 0.450. The molecule has 29 heavy (non-hydrogen) atoms. The van der Waals surface area contributed by atoms with E-state index in [2.05, 4.69) is 36.4 Å². The van der Waals surface area contributed by atoms with E-state index >= 15 is 0 Å². The molecule has 9 heteroatoms. The minimum atomic E-state index is -0.298. The van der Waals surface area contributed by atoms with Crippen LogP contribution in [0.2, 0.25) is 0 Å². The van der Waals surface area contributed by atoms with E-state index in [1.165, 1.54) is 12.1 Å². The third-order valence-corrected chi connectivity index (χ3v) is 5.96. The normalized spacial score (nSPS) is 20.9. The number of ether oxygens (including phenoxy) is 1. The molecule has 154 valence electrons. The van der Waals surface area contributed by atoms with E-state index in [9.17, 15) is 4.39 Å². The first-order valence-corrected chi connectivity index (χ1v) is 10.4. The Kier molecular flexibility index (Phi) is 5.96. The van der Waals surface area contributed by atoms with E-state index in [1.54, 1.807) is 6.07 Å². The maximum absolute atomic E-state index is 13.5. The molecule has 7 nitrogen and oxygen atoms in total. The molecule has 0 amide bonds. The van der Waals surface area contributed by atoms with Crippen molar-refractivity contribution in [2.75, 3.05) is 25.6 Å². The van der Waals surface area contributed by atoms with Gasteiger partial charge in [-0.2, -0.15) is 0 Å². The number of anilines is 1. The third kappa shape index (κ3) is 4.51. The van der Waals surface area contributed by atoms with Crippen LogP contribution in [0.3, 0.4) is 0 Å². The number of amidine groups is 1. The largest absolute Gasteiger partial charge is 0.394 e. The second kappa shape index (κ2) is 8.62. The molecule has 4 rings (SSSR count). The van der Waals surface area contributed by atoms with Crippen molar-refractivity contribution >= 4 is 27.7 Å². The minimum absolute atomic E-state index is 0.156. The molecule has 2 aliphatic rings. The van der Waals surface area contributed by atoms with E-state index in [4.69, 9.17) is 15.3 Å². The monoisotopic (exact) mass is 463 g/mol. The number of nitrogens with two attached hydrogens (primary N) is 1. The van der Waals surface area contributed by atoms with Gasteiger partial charge in [0.1, 0.15) is 12.4 Å². The van der Waals surface area contributed by atoms with Gasteiger partial charge in [0, 0.05) is 30.0 Å². The van der Waals surface area contributed by atoms with Gasteiger partial charge in [0.25, 0.3) is 0 Å². The van der Waals surface area contributed by atoms with Crippen LogP contribution in [0, 0.1) is 18.7 Å². The zero-order chi connectivity index (χ0) is 20.4. The number of aryl methyl sites for hydroxylation is 1. The van der Waals surface area contributed by atoms with Crippen molar-refractivity contribution < 1.29 is 14.0 Å². The SMILES string of the molecule is Cc1nc(N)nc2c1/C(=N/OCC1CCOCC1)N[C@@H](c1ccc(F)cc1Br)C2. The topological polar surface area (TPSA) is 94.7 Å². The predicted molar refractivity (Wildman–Crippen MR) is 111 cm³/mol. The van der Waals surface area contributed by atoms with Crippen molar-refractivity contribution in [2.45, 2.75) is 32.2 Å². The molecular weight excluding hydrogens is 441 g/mol. The molecule has 1 saturated heterocycles. The smallest absolute Gasteiger partial charge is 0.220 e. The summed E-state index contributed by atoms with van der Waals surface area (Å²) < 4.78 is 19.6. The first kappa shape index (κ1) is 20.0. The van der Waals surface area contributed by atoms with Crippen LogP contribution in [0.4, 0.5) is 10.3 Å². The van der Waals surface area contributed by atoms with E-state index in [0.717, 1.165) is 48.6 Å². The van der Waals surface area contributed by atoms with Crippen LogP contribution in [-0.4, -0.2) is 35.6 Å². The highest BCUT2D eigenvalue weighted by molar-refractivity contribution is 9.10. The maximum atomic E-state index is 13.5. The average Bonchev–Trinajstić information content (AvgIpc) is 2.68. The van der Waals surface area contributed by atoms with Gasteiger partial charge in [0.2, 0.25) is 5.95 Å². The van der Waals surface area contributed by atoms with Crippen LogP contribution >= 0.6 is 15.9 Å². The van der Waals surface area contributed by atoms with Crippen molar-refractivity contribution in [3.8, 4) is 0 Å². The van der Waals surface area contributed by atoms with Gasteiger partial charge < -0.3 is 20.6 Å². The summed E-state index contributed by atoms with van der Waals surface area (Å²) in [5.41, 5.74) is 9.12. The Hall–Kier alpha value is -2.26. The number of rotatable bonds is 4. The lowest BCUT2D eigenvalue weighted by Crippen LogP contribution is -2.38. The Morgan fingerprint density at radius 2 is 2.14 bits per heavy atom. The average molecular weight is 464 g/mol. The fourth-order valence-corrected chi connectivity index (χ4v) is 4.38. The Balaban J connectivity index is 1.62. The number of hydrogen-bond acceptors (Lipinski definition) is 6. The van der Waals surface area contributed by atoms with Crippen molar-refractivity contribution in [1.29, 1.82) is 0 Å². The highest BCUT2D eigenvalue weighted by Gasteiger charge is 2.29. The summed E-state index contributed by atoms with van der Waals surface area (Å²) in [4.78, 5) is 14.4. The molecule has 0 unspecified atom stereocenters. The van der Waals surface area contributed by atoms with Crippen molar-refractivity contribution in [3.05, 3.63) is 51.0 Å². The maximum Gasteiger partial charge on any atom is 0.220 e. The van der Waals surface area contributed by atoms with Crippen LogP contribution in [-0.2, 0) is 16.0 Å². The van der Waals surface area contributed by atoms with Gasteiger partial charge in [-0.1, -0.05) is 27.2 Å². The number of halogens is 2. The van der Waals surface area contributed by atoms with Gasteiger partial charge in [0.05, 0.1) is 23.0 Å². The molecule has 1 aromatic heterocycles. The van der Waals surface area contributed by atoms with Gasteiger partial charge >= 0.3 is 0 Å². The minimum Gasteiger partial charge on any atom is -0.394 e. The molecule has 1 atom stereocenters. The van der Waals surface area contributed by atoms with Crippen LogP contribution < -0.4 is 11.1 Å². The third-order valence-electron chi connectivity index (χ3n) is 5.27. The molecule has 2 aliphatic heterocycles. The standard InChI is InChI=1S/C20H23BrFN5O2/c1-11-18-17(26-20(23)24-11)9-16(14-3-2-13(22)8-15(14)21)25-19(18)27-29-10-12-4-6-28-7-5-12/h2-3,8,12,16H,4-7,9-10H2,1H3,(H,25,27)(H2,23,24,26)/t16-/m1/s1. The first-order valence-electron chi connectivity index (χ1n) is 9.64. The van der Waals surface area contributed by atoms with Gasteiger partial charge in [-0.3, -0.25) is 0 Å². The lowest BCUT2D eigenvalue weighted by atomic mass is 9.94. The highest BCUT2D eigenvalue weighted by atomic mass is 79.9. The van der Waals surface area contributed by atoms with E-state index < -0.39 is 0 Å². The summed E-state index contributed by atoms with van der Waals surface area (Å²) in [6.45, 7) is 3.93. The zero-order valence-electron chi connectivity index (χ0n) is 16.1. The number of aromatic nitrogens is 2. The van der Waals surface area contributed by atoms with Crippen LogP contribution in [0.25, 0.3) is 0 Å². The number of nitrogens with zero attached hydrogens (tertiary/aromatic N) is 3. The second-order valence-corrected chi connectivity index (χ2v) is 8.20. The molecule has 1 fully saturated rings. The lowest BCUT2D eigenvalue weighted by molar-refractivity contribution is 0.0221. The van der Waals surface area contributed by atoms with E-state index in [1.807, 2.05) is 6.92 Å². The highest BCUT2D eigenvalue weighted by Crippen LogP contribution is 2.31. The number of nitrogen functional groups attached to an aromatic ring is 1. The molecule has 3 heterocycles. The number of nitrogens with one attached hydrogen (secondary N) is 1. The summed E-state index contributed by atoms with van der Waals surface area (Å²) in [5, 5.41) is 7.80. The molecule has 2 aromatic rings. The second-order valence-electron chi connectivity index (χ2n) is 7.35. The molecule has 3 N–H and O–H groups in total. The number of oxime groups is 1. The van der Waals surface area contributed by atoms with Gasteiger partial charge in [-0.25, -0.2) is 14.4 Å². The van der Waals surface area contributed by atoms with Crippen LogP contribution in [0.1, 0.15) is 41.4 Å². The Morgan fingerprint density at radius 1 is 1.34 bits per heavy atom.